The quantitative estimate of drug-likeness (QED) is 0.433. The summed E-state index contributed by atoms with van der Waals surface area (Å²) < 4.78 is 17.5. The van der Waals surface area contributed by atoms with Crippen LogP contribution in [0.2, 0.25) is 0 Å². The predicted octanol–water partition coefficient (Wildman–Crippen LogP) is 4.14. The summed E-state index contributed by atoms with van der Waals surface area (Å²) in [6.07, 6.45) is 0.912. The van der Waals surface area contributed by atoms with Crippen LogP contribution in [0, 0.1) is 0 Å². The molecule has 35 heavy (non-hydrogen) atoms. The zero-order valence-corrected chi connectivity index (χ0v) is 19.4. The van der Waals surface area contributed by atoms with Gasteiger partial charge in [-0.1, -0.05) is 66.7 Å². The Labute approximate surface area is 204 Å². The Bertz CT molecular complexity index is 1110. The number of carboxylic acids is 1. The third kappa shape index (κ3) is 7.07. The van der Waals surface area contributed by atoms with Crippen LogP contribution < -0.4 is 14.8 Å². The number of carbonyl (C=O) groups excluding carboxylic acids is 1. The maximum absolute atomic E-state index is 12.4. The first-order chi connectivity index (χ1) is 17.1. The highest BCUT2D eigenvalue weighted by Gasteiger charge is 2.28. The first kappa shape index (κ1) is 24.3. The van der Waals surface area contributed by atoms with Crippen molar-refractivity contribution in [2.24, 2.45) is 0 Å². The lowest BCUT2D eigenvalue weighted by molar-refractivity contribution is -0.143. The summed E-state index contributed by atoms with van der Waals surface area (Å²) in [7, 11) is 0. The number of rotatable bonds is 11. The van der Waals surface area contributed by atoms with E-state index in [-0.39, 0.29) is 6.42 Å². The van der Waals surface area contributed by atoms with Gasteiger partial charge in [-0.3, -0.25) is 4.79 Å². The zero-order valence-electron chi connectivity index (χ0n) is 19.4. The Balaban J connectivity index is 1.49. The molecule has 0 aliphatic carbocycles. The smallest absolute Gasteiger partial charge is 0.326 e. The van der Waals surface area contributed by atoms with E-state index in [1.54, 1.807) is 18.2 Å². The van der Waals surface area contributed by atoms with Gasteiger partial charge in [0.05, 0.1) is 0 Å². The van der Waals surface area contributed by atoms with Gasteiger partial charge in [-0.2, -0.15) is 0 Å². The van der Waals surface area contributed by atoms with Crippen LogP contribution in [0.3, 0.4) is 0 Å². The minimum absolute atomic E-state index is 0.106. The van der Waals surface area contributed by atoms with Gasteiger partial charge >= 0.3 is 5.97 Å². The van der Waals surface area contributed by atoms with E-state index in [1.807, 2.05) is 60.7 Å². The molecule has 4 rings (SSSR count). The van der Waals surface area contributed by atoms with Crippen LogP contribution in [-0.4, -0.2) is 35.7 Å². The fraction of sp³-hybridized carbons (Fsp3) is 0.286. The van der Waals surface area contributed by atoms with E-state index in [0.29, 0.717) is 43.3 Å². The van der Waals surface area contributed by atoms with Gasteiger partial charge in [0.25, 0.3) is 0 Å². The Morgan fingerprint density at radius 2 is 1.51 bits per heavy atom. The second-order valence-electron chi connectivity index (χ2n) is 8.43. The standard InChI is InChI=1S/C28H29NO6/c30-27(25-12-7-15-33-25)29-23(28(31)32)16-22-13-14-24(34-18-20-8-3-1-4-9-20)26(17-22)35-19-21-10-5-2-6-11-21/h1-6,8-11,13-14,17,23,25H,7,12,15-16,18-19H2,(H,29,30)(H,31,32)/t23-,25+/m1/s1. The molecule has 3 aromatic rings. The van der Waals surface area contributed by atoms with Gasteiger partial charge in [0.15, 0.2) is 11.5 Å². The SMILES string of the molecule is O=C(N[C@H](Cc1ccc(OCc2ccccc2)c(OCc2ccccc2)c1)C(=O)O)[C@@H]1CCCO1. The van der Waals surface area contributed by atoms with Crippen molar-refractivity contribution in [1.29, 1.82) is 0 Å². The van der Waals surface area contributed by atoms with Crippen LogP contribution in [0.15, 0.2) is 78.9 Å². The largest absolute Gasteiger partial charge is 0.485 e. The van der Waals surface area contributed by atoms with Crippen molar-refractivity contribution < 1.29 is 28.9 Å². The molecule has 1 heterocycles. The Morgan fingerprint density at radius 3 is 2.09 bits per heavy atom. The van der Waals surface area contributed by atoms with Gasteiger partial charge in [-0.25, -0.2) is 4.79 Å². The van der Waals surface area contributed by atoms with Crippen LogP contribution in [0.4, 0.5) is 0 Å². The van der Waals surface area contributed by atoms with Crippen molar-refractivity contribution >= 4 is 11.9 Å². The summed E-state index contributed by atoms with van der Waals surface area (Å²) in [5.74, 6) is -0.425. The molecule has 1 amide bonds. The van der Waals surface area contributed by atoms with E-state index in [0.717, 1.165) is 17.5 Å². The summed E-state index contributed by atoms with van der Waals surface area (Å²) in [5, 5.41) is 12.3. The molecule has 7 heteroatoms. The maximum atomic E-state index is 12.4. The third-order valence-corrected chi connectivity index (χ3v) is 5.76. The highest BCUT2D eigenvalue weighted by molar-refractivity contribution is 5.86. The minimum Gasteiger partial charge on any atom is -0.485 e. The monoisotopic (exact) mass is 475 g/mol. The molecule has 0 aromatic heterocycles. The van der Waals surface area contributed by atoms with Crippen molar-refractivity contribution in [2.75, 3.05) is 6.61 Å². The zero-order chi connectivity index (χ0) is 24.5. The van der Waals surface area contributed by atoms with Crippen molar-refractivity contribution in [1.82, 2.24) is 5.32 Å². The second kappa shape index (κ2) is 12.0. The van der Waals surface area contributed by atoms with E-state index >= 15 is 0 Å². The fourth-order valence-electron chi connectivity index (χ4n) is 3.87. The lowest BCUT2D eigenvalue weighted by Gasteiger charge is -2.19. The normalized spacial score (nSPS) is 15.8. The van der Waals surface area contributed by atoms with Crippen molar-refractivity contribution in [3.63, 3.8) is 0 Å². The van der Waals surface area contributed by atoms with E-state index in [1.165, 1.54) is 0 Å². The molecule has 0 radical (unpaired) electrons. The molecule has 1 fully saturated rings. The van der Waals surface area contributed by atoms with Gasteiger partial charge in [0.1, 0.15) is 25.4 Å². The molecule has 0 bridgehead atoms. The van der Waals surface area contributed by atoms with E-state index in [9.17, 15) is 14.7 Å². The Morgan fingerprint density at radius 1 is 0.886 bits per heavy atom. The molecular weight excluding hydrogens is 446 g/mol. The van der Waals surface area contributed by atoms with Crippen molar-refractivity contribution in [3.8, 4) is 11.5 Å². The van der Waals surface area contributed by atoms with Crippen LogP contribution in [-0.2, 0) is 34.0 Å². The topological polar surface area (TPSA) is 94.1 Å². The first-order valence-corrected chi connectivity index (χ1v) is 11.7. The molecule has 2 atom stereocenters. The van der Waals surface area contributed by atoms with Crippen LogP contribution in [0.5, 0.6) is 11.5 Å². The molecule has 2 N–H and O–H groups in total. The van der Waals surface area contributed by atoms with Crippen LogP contribution >= 0.6 is 0 Å². The lowest BCUT2D eigenvalue weighted by Crippen LogP contribution is -2.46. The van der Waals surface area contributed by atoms with Gasteiger partial charge in [0.2, 0.25) is 5.91 Å². The van der Waals surface area contributed by atoms with E-state index < -0.39 is 24.0 Å². The van der Waals surface area contributed by atoms with E-state index in [4.69, 9.17) is 14.2 Å². The number of carbonyl (C=O) groups is 2. The summed E-state index contributed by atoms with van der Waals surface area (Å²) in [6.45, 7) is 1.23. The molecule has 0 spiro atoms. The van der Waals surface area contributed by atoms with E-state index in [2.05, 4.69) is 5.32 Å². The average Bonchev–Trinajstić information content (AvgIpc) is 3.43. The fourth-order valence-corrected chi connectivity index (χ4v) is 3.87. The van der Waals surface area contributed by atoms with Gasteiger partial charge in [-0.15, -0.1) is 0 Å². The molecule has 182 valence electrons. The highest BCUT2D eigenvalue weighted by atomic mass is 16.5. The average molecular weight is 476 g/mol. The summed E-state index contributed by atoms with van der Waals surface area (Å²) in [5.41, 5.74) is 2.73. The number of benzene rings is 3. The molecule has 1 aliphatic heterocycles. The van der Waals surface area contributed by atoms with Crippen molar-refractivity contribution in [2.45, 2.75) is 44.6 Å². The second-order valence-corrected chi connectivity index (χ2v) is 8.43. The molecular formula is C28H29NO6. The lowest BCUT2D eigenvalue weighted by atomic mass is 10.0. The summed E-state index contributed by atoms with van der Waals surface area (Å²) in [6, 6.07) is 23.8. The number of aliphatic carboxylic acids is 1. The van der Waals surface area contributed by atoms with Gasteiger partial charge in [-0.05, 0) is 41.7 Å². The molecule has 3 aromatic carbocycles. The minimum atomic E-state index is -1.10. The van der Waals surface area contributed by atoms with Crippen LogP contribution in [0.25, 0.3) is 0 Å². The Hall–Kier alpha value is -3.84. The molecule has 0 saturated carbocycles. The third-order valence-electron chi connectivity index (χ3n) is 5.76. The number of nitrogens with one attached hydrogen (secondary N) is 1. The molecule has 1 aliphatic rings. The number of ether oxygens (including phenoxy) is 3. The molecule has 0 unspecified atom stereocenters. The Kier molecular flexibility index (Phi) is 8.35. The maximum Gasteiger partial charge on any atom is 0.326 e. The van der Waals surface area contributed by atoms with Gasteiger partial charge < -0.3 is 24.6 Å². The van der Waals surface area contributed by atoms with Gasteiger partial charge in [0, 0.05) is 13.0 Å². The van der Waals surface area contributed by atoms with Crippen molar-refractivity contribution in [3.05, 3.63) is 95.6 Å². The first-order valence-electron chi connectivity index (χ1n) is 11.7. The molecule has 7 nitrogen and oxygen atoms in total. The summed E-state index contributed by atoms with van der Waals surface area (Å²) in [4.78, 5) is 24.3. The number of amides is 1. The predicted molar refractivity (Wildman–Crippen MR) is 130 cm³/mol. The summed E-state index contributed by atoms with van der Waals surface area (Å²) >= 11 is 0. The highest BCUT2D eigenvalue weighted by Crippen LogP contribution is 2.30. The van der Waals surface area contributed by atoms with Crippen LogP contribution in [0.1, 0.15) is 29.5 Å². The molecule has 1 saturated heterocycles. The number of carboxylic acid groups (broad SMARTS) is 1. The number of hydrogen-bond acceptors (Lipinski definition) is 5. The number of hydrogen-bond donors (Lipinski definition) is 2.